The van der Waals surface area contributed by atoms with Gasteiger partial charge in [0.25, 0.3) is 5.56 Å². The molecule has 0 radical (unpaired) electrons. The molecule has 7 heteroatoms. The summed E-state index contributed by atoms with van der Waals surface area (Å²) in [6.07, 6.45) is 1.64. The molecule has 1 heterocycles. The van der Waals surface area contributed by atoms with E-state index in [4.69, 9.17) is 4.74 Å². The van der Waals surface area contributed by atoms with Crippen LogP contribution in [0.5, 0.6) is 5.75 Å². The van der Waals surface area contributed by atoms with Gasteiger partial charge in [0, 0.05) is 30.4 Å². The highest BCUT2D eigenvalue weighted by molar-refractivity contribution is 9.10. The minimum absolute atomic E-state index is 0.112. The maximum Gasteiger partial charge on any atom is 0.268 e. The summed E-state index contributed by atoms with van der Waals surface area (Å²) in [6, 6.07) is 13.4. The Morgan fingerprint density at radius 1 is 1.10 bits per heavy atom. The number of nitrogens with zero attached hydrogens (tertiary/aromatic N) is 1. The van der Waals surface area contributed by atoms with Gasteiger partial charge in [0.2, 0.25) is 0 Å². The molecule has 0 unspecified atom stereocenters. The first-order valence-corrected chi connectivity index (χ1v) is 10.4. The van der Waals surface area contributed by atoms with E-state index in [0.717, 1.165) is 23.7 Å². The number of hydrogen-bond donors (Lipinski definition) is 1. The molecule has 2 aromatic carbocycles. The van der Waals surface area contributed by atoms with Gasteiger partial charge in [-0.05, 0) is 45.3 Å². The Labute approximate surface area is 182 Å². The van der Waals surface area contributed by atoms with Crippen LogP contribution in [0.25, 0.3) is 0 Å². The van der Waals surface area contributed by atoms with E-state index in [1.807, 2.05) is 18.2 Å². The summed E-state index contributed by atoms with van der Waals surface area (Å²) in [5.74, 6) is -1.04. The normalized spacial score (nSPS) is 11.1. The lowest BCUT2D eigenvalue weighted by molar-refractivity contribution is 0.296. The molecule has 0 spiro atoms. The number of pyridine rings is 1. The second-order valence-corrected chi connectivity index (χ2v) is 8.10. The van der Waals surface area contributed by atoms with E-state index < -0.39 is 11.6 Å². The predicted molar refractivity (Wildman–Crippen MR) is 117 cm³/mol. The van der Waals surface area contributed by atoms with Gasteiger partial charge in [-0.25, -0.2) is 8.78 Å². The summed E-state index contributed by atoms with van der Waals surface area (Å²) in [7, 11) is 0. The molecule has 0 atom stereocenters. The largest absolute Gasteiger partial charge is 0.487 e. The number of hydrogen-bond acceptors (Lipinski definition) is 3. The minimum Gasteiger partial charge on any atom is -0.487 e. The molecule has 3 aromatic rings. The molecule has 3 rings (SSSR count). The molecule has 0 saturated carbocycles. The van der Waals surface area contributed by atoms with Crippen LogP contribution in [0.15, 0.2) is 64.0 Å². The van der Waals surface area contributed by atoms with E-state index in [1.54, 1.807) is 16.8 Å². The third kappa shape index (κ3) is 5.77. The van der Waals surface area contributed by atoms with Crippen LogP contribution in [0, 0.1) is 11.6 Å². The standard InChI is InChI=1S/C23H23BrF2N2O2/c1-15(2)27-12-16-4-3-5-17(10-16)13-28-9-8-21(22(24)23(28)29)30-14-18-6-7-19(25)11-20(18)26/h3-11,15,27H,12-14H2,1-2H3. The molecule has 0 aliphatic rings. The molecule has 0 bridgehead atoms. The Morgan fingerprint density at radius 3 is 2.60 bits per heavy atom. The SMILES string of the molecule is CC(C)NCc1cccc(Cn2ccc(OCc3ccc(F)cc3F)c(Br)c2=O)c1. The van der Waals surface area contributed by atoms with Crippen molar-refractivity contribution < 1.29 is 13.5 Å². The molecule has 4 nitrogen and oxygen atoms in total. The summed E-state index contributed by atoms with van der Waals surface area (Å²) >= 11 is 3.28. The summed E-state index contributed by atoms with van der Waals surface area (Å²) in [4.78, 5) is 12.7. The van der Waals surface area contributed by atoms with Crippen LogP contribution in [0.2, 0.25) is 0 Å². The molecule has 0 amide bonds. The van der Waals surface area contributed by atoms with Crippen molar-refractivity contribution in [3.63, 3.8) is 0 Å². The maximum atomic E-state index is 13.8. The minimum atomic E-state index is -0.689. The Balaban J connectivity index is 1.72. The Hall–Kier alpha value is -2.51. The average molecular weight is 477 g/mol. The number of halogens is 3. The highest BCUT2D eigenvalue weighted by atomic mass is 79.9. The summed E-state index contributed by atoms with van der Waals surface area (Å²) in [5, 5.41) is 3.38. The fourth-order valence-electron chi connectivity index (χ4n) is 2.92. The number of nitrogens with one attached hydrogen (secondary N) is 1. The highest BCUT2D eigenvalue weighted by Crippen LogP contribution is 2.22. The molecular formula is C23H23BrF2N2O2. The van der Waals surface area contributed by atoms with E-state index in [0.29, 0.717) is 18.3 Å². The zero-order valence-corrected chi connectivity index (χ0v) is 18.4. The Kier molecular flexibility index (Phi) is 7.39. The van der Waals surface area contributed by atoms with Crippen molar-refractivity contribution in [1.82, 2.24) is 9.88 Å². The summed E-state index contributed by atoms with van der Waals surface area (Å²) < 4.78 is 34.2. The van der Waals surface area contributed by atoms with Gasteiger partial charge in [0.05, 0.1) is 6.54 Å². The first-order chi connectivity index (χ1) is 14.3. The summed E-state index contributed by atoms with van der Waals surface area (Å²) in [6.45, 7) is 5.25. The second-order valence-electron chi connectivity index (χ2n) is 7.31. The lowest BCUT2D eigenvalue weighted by Gasteiger charge is -2.13. The van der Waals surface area contributed by atoms with Crippen LogP contribution in [0.4, 0.5) is 8.78 Å². The van der Waals surface area contributed by atoms with Gasteiger partial charge in [0.15, 0.2) is 0 Å². The van der Waals surface area contributed by atoms with Crippen molar-refractivity contribution in [2.24, 2.45) is 0 Å². The zero-order valence-electron chi connectivity index (χ0n) is 16.8. The molecule has 1 aromatic heterocycles. The van der Waals surface area contributed by atoms with Crippen LogP contribution in [0.1, 0.15) is 30.5 Å². The molecular weight excluding hydrogens is 454 g/mol. The number of rotatable bonds is 8. The fraction of sp³-hybridized carbons (Fsp3) is 0.261. The fourth-order valence-corrected chi connectivity index (χ4v) is 3.39. The first kappa shape index (κ1) is 22.2. The van der Waals surface area contributed by atoms with Crippen LogP contribution < -0.4 is 15.6 Å². The third-order valence-corrected chi connectivity index (χ3v) is 5.26. The highest BCUT2D eigenvalue weighted by Gasteiger charge is 2.11. The van der Waals surface area contributed by atoms with Crippen LogP contribution in [0.3, 0.4) is 0 Å². The lowest BCUT2D eigenvalue weighted by atomic mass is 10.1. The van der Waals surface area contributed by atoms with Gasteiger partial charge in [-0.1, -0.05) is 38.1 Å². The second kappa shape index (κ2) is 10.00. The van der Waals surface area contributed by atoms with Crippen molar-refractivity contribution in [2.45, 2.75) is 39.6 Å². The zero-order chi connectivity index (χ0) is 21.7. The smallest absolute Gasteiger partial charge is 0.268 e. The number of aromatic nitrogens is 1. The summed E-state index contributed by atoms with van der Waals surface area (Å²) in [5.41, 5.74) is 2.11. The van der Waals surface area contributed by atoms with E-state index in [1.165, 1.54) is 12.1 Å². The van der Waals surface area contributed by atoms with Gasteiger partial charge in [0.1, 0.15) is 28.5 Å². The molecule has 1 N–H and O–H groups in total. The van der Waals surface area contributed by atoms with Crippen molar-refractivity contribution in [3.8, 4) is 5.75 Å². The van der Waals surface area contributed by atoms with Crippen LogP contribution >= 0.6 is 15.9 Å². The van der Waals surface area contributed by atoms with E-state index in [2.05, 4.69) is 41.2 Å². The Morgan fingerprint density at radius 2 is 1.87 bits per heavy atom. The number of ether oxygens (including phenoxy) is 1. The molecule has 0 aliphatic carbocycles. The molecule has 0 saturated heterocycles. The van der Waals surface area contributed by atoms with E-state index in [9.17, 15) is 13.6 Å². The van der Waals surface area contributed by atoms with Crippen molar-refractivity contribution in [1.29, 1.82) is 0 Å². The molecule has 30 heavy (non-hydrogen) atoms. The maximum absolute atomic E-state index is 13.8. The van der Waals surface area contributed by atoms with Gasteiger partial charge in [-0.15, -0.1) is 0 Å². The van der Waals surface area contributed by atoms with E-state index >= 15 is 0 Å². The van der Waals surface area contributed by atoms with Crippen molar-refractivity contribution in [2.75, 3.05) is 0 Å². The predicted octanol–water partition coefficient (Wildman–Crippen LogP) is 5.01. The quantitative estimate of drug-likeness (QED) is 0.496. The molecule has 0 fully saturated rings. The average Bonchev–Trinajstić information content (AvgIpc) is 2.71. The van der Waals surface area contributed by atoms with E-state index in [-0.39, 0.29) is 22.2 Å². The first-order valence-electron chi connectivity index (χ1n) is 9.60. The van der Waals surface area contributed by atoms with Crippen molar-refractivity contribution in [3.05, 3.63) is 97.9 Å². The van der Waals surface area contributed by atoms with Gasteiger partial charge >= 0.3 is 0 Å². The van der Waals surface area contributed by atoms with Crippen LogP contribution in [-0.2, 0) is 19.7 Å². The third-order valence-electron chi connectivity index (χ3n) is 4.53. The molecule has 158 valence electrons. The van der Waals surface area contributed by atoms with Gasteiger partial charge < -0.3 is 14.6 Å². The monoisotopic (exact) mass is 476 g/mol. The lowest BCUT2D eigenvalue weighted by Crippen LogP contribution is -2.22. The van der Waals surface area contributed by atoms with Crippen molar-refractivity contribution >= 4 is 15.9 Å². The van der Waals surface area contributed by atoms with Gasteiger partial charge in [-0.3, -0.25) is 4.79 Å². The topological polar surface area (TPSA) is 43.3 Å². The van der Waals surface area contributed by atoms with Gasteiger partial charge in [-0.2, -0.15) is 0 Å². The number of benzene rings is 2. The van der Waals surface area contributed by atoms with Crippen LogP contribution in [-0.4, -0.2) is 10.6 Å². The molecule has 0 aliphatic heterocycles. The Bertz CT molecular complexity index is 1080.